The molecule has 0 unspecified atom stereocenters. The van der Waals surface area contributed by atoms with Crippen LogP contribution in [-0.2, 0) is 13.1 Å². The Morgan fingerprint density at radius 2 is 1.12 bits per heavy atom. The van der Waals surface area contributed by atoms with Crippen LogP contribution in [0.1, 0.15) is 11.4 Å². The standard InChI is InChI=1S/C18H28N6/c19-7-11-23(15-17-5-1-3-9-21-17)13-14-24(12-8-20)16-18-6-2-4-10-22-18/h1-6,9-10H,7-8,11-16,19-20H2. The normalized spacial score (nSPS) is 11.3. The molecule has 6 heteroatoms. The van der Waals surface area contributed by atoms with Crippen molar-refractivity contribution in [1.29, 1.82) is 0 Å². The Balaban J connectivity index is 1.89. The first-order chi connectivity index (χ1) is 11.8. The van der Waals surface area contributed by atoms with E-state index in [0.29, 0.717) is 13.1 Å². The zero-order valence-electron chi connectivity index (χ0n) is 14.2. The van der Waals surface area contributed by atoms with Gasteiger partial charge in [-0.15, -0.1) is 0 Å². The van der Waals surface area contributed by atoms with Gasteiger partial charge >= 0.3 is 0 Å². The van der Waals surface area contributed by atoms with Gasteiger partial charge in [0.1, 0.15) is 0 Å². The molecule has 130 valence electrons. The van der Waals surface area contributed by atoms with Gasteiger partial charge in [-0.05, 0) is 24.3 Å². The quantitative estimate of drug-likeness (QED) is 0.632. The first-order valence-corrected chi connectivity index (χ1v) is 8.46. The minimum Gasteiger partial charge on any atom is -0.329 e. The third kappa shape index (κ3) is 6.72. The first kappa shape index (κ1) is 18.5. The molecule has 0 radical (unpaired) electrons. The zero-order chi connectivity index (χ0) is 17.0. The van der Waals surface area contributed by atoms with Gasteiger partial charge in [-0.25, -0.2) is 0 Å². The van der Waals surface area contributed by atoms with Crippen LogP contribution in [0.25, 0.3) is 0 Å². The number of nitrogens with two attached hydrogens (primary N) is 2. The Morgan fingerprint density at radius 3 is 1.46 bits per heavy atom. The van der Waals surface area contributed by atoms with Crippen LogP contribution in [0.5, 0.6) is 0 Å². The number of rotatable bonds is 11. The van der Waals surface area contributed by atoms with Crippen LogP contribution in [0.3, 0.4) is 0 Å². The number of aromatic nitrogens is 2. The zero-order valence-corrected chi connectivity index (χ0v) is 14.2. The maximum absolute atomic E-state index is 5.77. The molecule has 0 aliphatic carbocycles. The summed E-state index contributed by atoms with van der Waals surface area (Å²) in [5.74, 6) is 0. The van der Waals surface area contributed by atoms with Crippen LogP contribution in [0.4, 0.5) is 0 Å². The average Bonchev–Trinajstić information content (AvgIpc) is 2.62. The second kappa shape index (κ2) is 10.8. The molecule has 0 amide bonds. The van der Waals surface area contributed by atoms with Gasteiger partial charge in [0.05, 0.1) is 11.4 Å². The Kier molecular flexibility index (Phi) is 8.34. The fourth-order valence-corrected chi connectivity index (χ4v) is 2.63. The molecular formula is C18H28N6. The van der Waals surface area contributed by atoms with Crippen molar-refractivity contribution in [2.45, 2.75) is 13.1 Å². The second-order valence-electron chi connectivity index (χ2n) is 5.77. The van der Waals surface area contributed by atoms with Crippen LogP contribution in [-0.4, -0.2) is 59.0 Å². The van der Waals surface area contributed by atoms with Gasteiger partial charge in [0.15, 0.2) is 0 Å². The summed E-state index contributed by atoms with van der Waals surface area (Å²) >= 11 is 0. The van der Waals surface area contributed by atoms with Crippen LogP contribution in [0.2, 0.25) is 0 Å². The SMILES string of the molecule is NCCN(CCN(CCN)Cc1ccccn1)Cc1ccccn1. The summed E-state index contributed by atoms with van der Waals surface area (Å²) in [7, 11) is 0. The smallest absolute Gasteiger partial charge is 0.0543 e. The van der Waals surface area contributed by atoms with Gasteiger partial charge in [-0.1, -0.05) is 12.1 Å². The van der Waals surface area contributed by atoms with Crippen LogP contribution < -0.4 is 11.5 Å². The maximum Gasteiger partial charge on any atom is 0.0543 e. The summed E-state index contributed by atoms with van der Waals surface area (Å²) in [6, 6.07) is 12.0. The summed E-state index contributed by atoms with van der Waals surface area (Å²) in [5, 5.41) is 0. The van der Waals surface area contributed by atoms with Gasteiger partial charge in [-0.2, -0.15) is 0 Å². The van der Waals surface area contributed by atoms with Crippen molar-refractivity contribution in [3.8, 4) is 0 Å². The van der Waals surface area contributed by atoms with E-state index in [0.717, 1.165) is 50.7 Å². The summed E-state index contributed by atoms with van der Waals surface area (Å²) in [5.41, 5.74) is 13.7. The van der Waals surface area contributed by atoms with E-state index < -0.39 is 0 Å². The molecule has 0 saturated heterocycles. The highest BCUT2D eigenvalue weighted by Gasteiger charge is 2.10. The Bertz CT molecular complexity index is 496. The molecule has 6 nitrogen and oxygen atoms in total. The molecule has 2 aromatic heterocycles. The Hall–Kier alpha value is -1.86. The molecule has 0 atom stereocenters. The third-order valence-electron chi connectivity index (χ3n) is 3.85. The Morgan fingerprint density at radius 1 is 0.667 bits per heavy atom. The lowest BCUT2D eigenvalue weighted by Gasteiger charge is -2.27. The third-order valence-corrected chi connectivity index (χ3v) is 3.85. The highest BCUT2D eigenvalue weighted by molar-refractivity contribution is 5.04. The fraction of sp³-hybridized carbons (Fsp3) is 0.444. The van der Waals surface area contributed by atoms with Gasteiger partial charge in [0.2, 0.25) is 0 Å². The van der Waals surface area contributed by atoms with Gasteiger partial charge in [-0.3, -0.25) is 19.8 Å². The predicted octanol–water partition coefficient (Wildman–Crippen LogP) is 0.698. The van der Waals surface area contributed by atoms with E-state index in [-0.39, 0.29) is 0 Å². The molecule has 0 fully saturated rings. The maximum atomic E-state index is 5.77. The van der Waals surface area contributed by atoms with E-state index in [9.17, 15) is 0 Å². The largest absolute Gasteiger partial charge is 0.329 e. The Labute approximate surface area is 144 Å². The van der Waals surface area contributed by atoms with Crippen LogP contribution in [0.15, 0.2) is 48.8 Å². The van der Waals surface area contributed by atoms with Crippen molar-refractivity contribution in [2.75, 3.05) is 39.3 Å². The van der Waals surface area contributed by atoms with Crippen molar-refractivity contribution in [2.24, 2.45) is 11.5 Å². The fourth-order valence-electron chi connectivity index (χ4n) is 2.63. The first-order valence-electron chi connectivity index (χ1n) is 8.46. The topological polar surface area (TPSA) is 84.3 Å². The summed E-state index contributed by atoms with van der Waals surface area (Å²) in [4.78, 5) is 13.5. The number of nitrogens with zero attached hydrogens (tertiary/aromatic N) is 4. The number of hydrogen-bond acceptors (Lipinski definition) is 6. The highest BCUT2D eigenvalue weighted by Crippen LogP contribution is 2.04. The van der Waals surface area contributed by atoms with Crippen LogP contribution >= 0.6 is 0 Å². The van der Waals surface area contributed by atoms with Crippen molar-refractivity contribution in [3.05, 3.63) is 60.2 Å². The molecule has 24 heavy (non-hydrogen) atoms. The molecule has 0 aliphatic heterocycles. The lowest BCUT2D eigenvalue weighted by atomic mass is 10.3. The van der Waals surface area contributed by atoms with E-state index in [1.54, 1.807) is 0 Å². The van der Waals surface area contributed by atoms with E-state index in [2.05, 4.69) is 31.9 Å². The average molecular weight is 328 g/mol. The van der Waals surface area contributed by atoms with Crippen LogP contribution in [0, 0.1) is 0 Å². The minimum atomic E-state index is 0.643. The predicted molar refractivity (Wildman–Crippen MR) is 97.1 cm³/mol. The lowest BCUT2D eigenvalue weighted by Crippen LogP contribution is -2.39. The molecular weight excluding hydrogens is 300 g/mol. The van der Waals surface area contributed by atoms with E-state index >= 15 is 0 Å². The molecule has 0 aliphatic rings. The van der Waals surface area contributed by atoms with Crippen molar-refractivity contribution in [1.82, 2.24) is 19.8 Å². The van der Waals surface area contributed by atoms with Gasteiger partial charge < -0.3 is 11.5 Å². The van der Waals surface area contributed by atoms with Crippen molar-refractivity contribution in [3.63, 3.8) is 0 Å². The molecule has 4 N–H and O–H groups in total. The van der Waals surface area contributed by atoms with Gasteiger partial charge in [0, 0.05) is 64.8 Å². The summed E-state index contributed by atoms with van der Waals surface area (Å²) in [6.07, 6.45) is 3.66. The second-order valence-corrected chi connectivity index (χ2v) is 5.77. The van der Waals surface area contributed by atoms with E-state index in [1.165, 1.54) is 0 Å². The van der Waals surface area contributed by atoms with E-state index in [4.69, 9.17) is 11.5 Å². The monoisotopic (exact) mass is 328 g/mol. The minimum absolute atomic E-state index is 0.643. The van der Waals surface area contributed by atoms with Crippen molar-refractivity contribution < 1.29 is 0 Å². The lowest BCUT2D eigenvalue weighted by molar-refractivity contribution is 0.196. The summed E-state index contributed by atoms with van der Waals surface area (Å²) < 4.78 is 0. The molecule has 2 rings (SSSR count). The highest BCUT2D eigenvalue weighted by atomic mass is 15.2. The summed E-state index contributed by atoms with van der Waals surface area (Å²) in [6.45, 7) is 6.50. The number of pyridine rings is 2. The molecule has 0 aromatic carbocycles. The van der Waals surface area contributed by atoms with E-state index in [1.807, 2.05) is 36.7 Å². The number of hydrogen-bond donors (Lipinski definition) is 2. The molecule has 2 heterocycles. The molecule has 0 bridgehead atoms. The molecule has 0 spiro atoms. The molecule has 2 aromatic rings. The van der Waals surface area contributed by atoms with Gasteiger partial charge in [0.25, 0.3) is 0 Å². The molecule has 0 saturated carbocycles. The van der Waals surface area contributed by atoms with Crippen molar-refractivity contribution >= 4 is 0 Å².